The molecule has 234 valence electrons. The fourth-order valence-corrected chi connectivity index (χ4v) is 4.51. The number of carbonyl (C=O) groups excluding carboxylic acids is 1. The van der Waals surface area contributed by atoms with Gasteiger partial charge in [-0.3, -0.25) is 4.79 Å². The summed E-state index contributed by atoms with van der Waals surface area (Å²) in [5.74, 6) is -0.0151. The molecule has 3 aromatic carbocycles. The zero-order valence-corrected chi connectivity index (χ0v) is 24.3. The first-order valence-electron chi connectivity index (χ1n) is 14.0. The van der Waals surface area contributed by atoms with Crippen molar-refractivity contribution in [1.29, 1.82) is 0 Å². The van der Waals surface area contributed by atoms with E-state index in [1.165, 1.54) is 16.7 Å². The lowest BCUT2D eigenvalue weighted by atomic mass is 10.1. The van der Waals surface area contributed by atoms with Crippen LogP contribution in [0.5, 0.6) is 17.2 Å². The van der Waals surface area contributed by atoms with Gasteiger partial charge in [-0.15, -0.1) is 0 Å². The monoisotopic (exact) mass is 612 g/mol. The number of nitrogens with one attached hydrogen (secondary N) is 1. The lowest BCUT2D eigenvalue weighted by molar-refractivity contribution is -0.140. The first-order chi connectivity index (χ1) is 20.9. The van der Waals surface area contributed by atoms with E-state index >= 15 is 0 Å². The summed E-state index contributed by atoms with van der Waals surface area (Å²) in [6, 6.07) is 20.2. The highest BCUT2D eigenvalue weighted by atomic mass is 19.4. The number of benzene rings is 3. The summed E-state index contributed by atoms with van der Waals surface area (Å²) < 4.78 is 53.0. The van der Waals surface area contributed by atoms with Crippen molar-refractivity contribution in [3.8, 4) is 28.6 Å². The molecule has 0 aliphatic heterocycles. The molecule has 4 aromatic rings. The van der Waals surface area contributed by atoms with Gasteiger partial charge in [-0.1, -0.05) is 30.3 Å². The number of halogens is 3. The lowest BCUT2D eigenvalue weighted by Crippen LogP contribution is -2.38. The van der Waals surface area contributed by atoms with E-state index in [9.17, 15) is 28.2 Å². The van der Waals surface area contributed by atoms with Crippen LogP contribution in [0.25, 0.3) is 11.4 Å². The molecule has 4 rings (SSSR count). The maximum atomic E-state index is 13.2. The molecule has 0 saturated heterocycles. The Morgan fingerprint density at radius 3 is 2.34 bits per heavy atom. The van der Waals surface area contributed by atoms with Gasteiger partial charge in [-0.2, -0.15) is 13.2 Å². The molecule has 5 N–H and O–H groups in total. The number of aliphatic hydroxyl groups excluding tert-OH is 1. The van der Waals surface area contributed by atoms with Gasteiger partial charge in [0.25, 0.3) is 5.91 Å². The van der Waals surface area contributed by atoms with E-state index in [1.54, 1.807) is 44.2 Å². The van der Waals surface area contributed by atoms with E-state index < -0.39 is 23.9 Å². The average Bonchev–Trinajstić information content (AvgIpc) is 3.45. The molecule has 0 aliphatic rings. The number of nitrogens with two attached hydrogens (primary N) is 1. The number of hydrogen-bond acceptors (Lipinski definition) is 7. The topological polar surface area (TPSA) is 132 Å². The zero-order chi connectivity index (χ0) is 31.9. The Morgan fingerprint density at radius 1 is 1.02 bits per heavy atom. The van der Waals surface area contributed by atoms with Gasteiger partial charge in [-0.05, 0) is 61.9 Å². The van der Waals surface area contributed by atoms with Gasteiger partial charge in [-0.25, -0.2) is 4.98 Å². The average molecular weight is 613 g/mol. The van der Waals surface area contributed by atoms with Gasteiger partial charge in [0, 0.05) is 37.3 Å². The molecule has 2 atom stereocenters. The number of carbonyl (C=O) groups is 1. The fraction of sp³-hybridized carbons (Fsp3) is 0.312. The second kappa shape index (κ2) is 14.3. The van der Waals surface area contributed by atoms with E-state index in [4.69, 9.17) is 15.2 Å². The van der Waals surface area contributed by atoms with Crippen LogP contribution in [0.15, 0.2) is 79.0 Å². The van der Waals surface area contributed by atoms with Crippen LogP contribution >= 0.6 is 0 Å². The Hall–Kier alpha value is -4.55. The van der Waals surface area contributed by atoms with Gasteiger partial charge >= 0.3 is 6.18 Å². The summed E-state index contributed by atoms with van der Waals surface area (Å²) in [5.41, 5.74) is 5.86. The number of aromatic nitrogens is 2. The van der Waals surface area contributed by atoms with Crippen molar-refractivity contribution in [3.05, 3.63) is 95.8 Å². The van der Waals surface area contributed by atoms with Crippen molar-refractivity contribution in [2.24, 2.45) is 5.73 Å². The minimum Gasteiger partial charge on any atom is -0.507 e. The number of alkyl halides is 3. The maximum absolute atomic E-state index is 13.2. The maximum Gasteiger partial charge on any atom is 0.434 e. The third kappa shape index (κ3) is 8.74. The molecule has 0 saturated carbocycles. The molecule has 1 heterocycles. The minimum atomic E-state index is -4.55. The number of ether oxygens (including phenoxy) is 2. The van der Waals surface area contributed by atoms with Crippen LogP contribution in [0.2, 0.25) is 0 Å². The molecule has 9 nitrogen and oxygen atoms in total. The number of nitrogens with zero attached hydrogens (tertiary/aromatic N) is 2. The highest BCUT2D eigenvalue weighted by Gasteiger charge is 2.35. The number of phenols is 1. The molecule has 44 heavy (non-hydrogen) atoms. The smallest absolute Gasteiger partial charge is 0.434 e. The molecule has 12 heteroatoms. The Morgan fingerprint density at radius 2 is 1.70 bits per heavy atom. The summed E-state index contributed by atoms with van der Waals surface area (Å²) in [6.45, 7) is 4.05. The van der Waals surface area contributed by atoms with Crippen molar-refractivity contribution in [3.63, 3.8) is 0 Å². The first kappa shape index (κ1) is 32.4. The van der Waals surface area contributed by atoms with E-state index in [0.717, 1.165) is 11.8 Å². The predicted molar refractivity (Wildman–Crippen MR) is 159 cm³/mol. The molecule has 2 unspecified atom stereocenters. The summed E-state index contributed by atoms with van der Waals surface area (Å²) >= 11 is 0. The molecule has 1 aromatic heterocycles. The summed E-state index contributed by atoms with van der Waals surface area (Å²) in [5, 5.41) is 23.6. The molecule has 0 radical (unpaired) electrons. The Bertz CT molecular complexity index is 1530. The largest absolute Gasteiger partial charge is 0.507 e. The number of primary amides is 1. The highest BCUT2D eigenvalue weighted by Crippen LogP contribution is 2.33. The van der Waals surface area contributed by atoms with Crippen molar-refractivity contribution >= 4 is 5.91 Å². The van der Waals surface area contributed by atoms with Crippen LogP contribution in [0, 0.1) is 0 Å². The third-order valence-electron chi connectivity index (χ3n) is 6.73. The zero-order valence-electron chi connectivity index (χ0n) is 24.3. The Labute approximate surface area is 253 Å². The van der Waals surface area contributed by atoms with Crippen molar-refractivity contribution in [2.45, 2.75) is 44.7 Å². The van der Waals surface area contributed by atoms with Crippen molar-refractivity contribution in [2.75, 3.05) is 19.7 Å². The second-order valence-electron chi connectivity index (χ2n) is 10.6. The van der Waals surface area contributed by atoms with Crippen LogP contribution in [0.3, 0.4) is 0 Å². The molecular weight excluding hydrogens is 577 g/mol. The third-order valence-corrected chi connectivity index (χ3v) is 6.73. The Kier molecular flexibility index (Phi) is 10.5. The van der Waals surface area contributed by atoms with E-state index in [1.807, 2.05) is 30.3 Å². The SMILES string of the molecule is CC(C)n1cc(C(F)(F)F)nc1-c1ccc(OCC(O)CNCC(Cc2ccccc2)Oc2ccc(O)c(C(N)=O)c2)cc1. The number of amides is 1. The van der Waals surface area contributed by atoms with E-state index in [2.05, 4.69) is 10.3 Å². The quantitative estimate of drug-likeness (QED) is 0.158. The molecular formula is C32H35F3N4O5. The molecule has 0 aliphatic carbocycles. The van der Waals surface area contributed by atoms with Gasteiger partial charge < -0.3 is 35.3 Å². The van der Waals surface area contributed by atoms with Gasteiger partial charge in [0.2, 0.25) is 0 Å². The van der Waals surface area contributed by atoms with Crippen LogP contribution in [0.4, 0.5) is 13.2 Å². The summed E-state index contributed by atoms with van der Waals surface area (Å²) in [4.78, 5) is 15.4. The molecule has 0 bridgehead atoms. The van der Waals surface area contributed by atoms with Gasteiger partial charge in [0.05, 0.1) is 5.56 Å². The predicted octanol–water partition coefficient (Wildman–Crippen LogP) is 4.97. The number of rotatable bonds is 14. The van der Waals surface area contributed by atoms with Crippen molar-refractivity contribution < 1.29 is 37.7 Å². The van der Waals surface area contributed by atoms with Crippen LogP contribution in [-0.4, -0.2) is 57.6 Å². The lowest BCUT2D eigenvalue weighted by Gasteiger charge is -2.21. The van der Waals surface area contributed by atoms with Crippen LogP contribution in [-0.2, 0) is 12.6 Å². The summed E-state index contributed by atoms with van der Waals surface area (Å²) in [7, 11) is 0. The standard InChI is InChI=1S/C32H35F3N4O5/c1-20(2)39-18-29(32(33,34)35)38-31(39)22-8-10-24(11-9-22)43-19-23(40)16-37-17-26(14-21-6-4-3-5-7-21)44-25-12-13-28(41)27(15-25)30(36)42/h3-13,15,18,20,23,26,37,40-41H,14,16-17,19H2,1-2H3,(H2,36,42). The molecule has 0 fully saturated rings. The fourth-order valence-electron chi connectivity index (χ4n) is 4.51. The van der Waals surface area contributed by atoms with Crippen LogP contribution in [0.1, 0.15) is 41.5 Å². The minimum absolute atomic E-state index is 0.0324. The van der Waals surface area contributed by atoms with E-state index in [0.29, 0.717) is 30.0 Å². The molecule has 1 amide bonds. The van der Waals surface area contributed by atoms with Crippen LogP contribution < -0.4 is 20.5 Å². The molecule has 0 spiro atoms. The highest BCUT2D eigenvalue weighted by molar-refractivity contribution is 5.95. The van der Waals surface area contributed by atoms with Gasteiger partial charge in [0.1, 0.15) is 41.9 Å². The normalized spacial score (nSPS) is 13.1. The number of aromatic hydroxyl groups is 1. The summed E-state index contributed by atoms with van der Waals surface area (Å²) in [6.07, 6.45) is -4.28. The number of aliphatic hydroxyl groups is 1. The van der Waals surface area contributed by atoms with Gasteiger partial charge in [0.15, 0.2) is 5.69 Å². The number of hydrogen-bond donors (Lipinski definition) is 4. The number of imidazole rings is 1. The Balaban J connectivity index is 1.33. The first-order valence-corrected chi connectivity index (χ1v) is 14.0. The van der Waals surface area contributed by atoms with E-state index in [-0.39, 0.29) is 42.4 Å². The second-order valence-corrected chi connectivity index (χ2v) is 10.6. The van der Waals surface area contributed by atoms with Crippen molar-refractivity contribution in [1.82, 2.24) is 14.9 Å².